The molecular weight excluding hydrogens is 240 g/mol. The lowest BCUT2D eigenvalue weighted by Gasteiger charge is -2.26. The maximum atomic E-state index is 5.87. The first kappa shape index (κ1) is 14.1. The Balaban J connectivity index is 1.89. The number of rotatable bonds is 5. The molecule has 0 spiro atoms. The summed E-state index contributed by atoms with van der Waals surface area (Å²) in [5.41, 5.74) is 6.71. The van der Waals surface area contributed by atoms with Crippen LogP contribution < -0.4 is 10.5 Å². The summed E-state index contributed by atoms with van der Waals surface area (Å²) in [5, 5.41) is 0. The number of nitrogens with zero attached hydrogens (tertiary/aromatic N) is 3. The highest BCUT2D eigenvalue weighted by Gasteiger charge is 2.12. The fraction of sp³-hybridized carbons (Fsp3) is 0.714. The van der Waals surface area contributed by atoms with Gasteiger partial charge >= 0.3 is 0 Å². The van der Waals surface area contributed by atoms with Gasteiger partial charge in [-0.15, -0.1) is 0 Å². The van der Waals surface area contributed by atoms with E-state index in [-0.39, 0.29) is 0 Å². The van der Waals surface area contributed by atoms with E-state index in [1.807, 2.05) is 13.8 Å². The molecule has 5 nitrogen and oxygen atoms in total. The van der Waals surface area contributed by atoms with Crippen molar-refractivity contribution in [2.45, 2.75) is 39.5 Å². The average molecular weight is 264 g/mol. The van der Waals surface area contributed by atoms with Gasteiger partial charge < -0.3 is 10.5 Å². The van der Waals surface area contributed by atoms with Gasteiger partial charge in [0.15, 0.2) is 0 Å². The Hall–Kier alpha value is -1.36. The van der Waals surface area contributed by atoms with E-state index in [2.05, 4.69) is 14.9 Å². The van der Waals surface area contributed by atoms with Gasteiger partial charge in [0.2, 0.25) is 5.88 Å². The van der Waals surface area contributed by atoms with E-state index in [0.29, 0.717) is 18.3 Å². The van der Waals surface area contributed by atoms with E-state index in [1.54, 1.807) is 0 Å². The highest BCUT2D eigenvalue weighted by atomic mass is 16.5. The summed E-state index contributed by atoms with van der Waals surface area (Å²) < 4.78 is 5.79. The molecule has 1 fully saturated rings. The van der Waals surface area contributed by atoms with Crippen molar-refractivity contribution in [1.29, 1.82) is 0 Å². The van der Waals surface area contributed by atoms with Crippen molar-refractivity contribution >= 4 is 5.82 Å². The third-order valence-corrected chi connectivity index (χ3v) is 3.60. The zero-order chi connectivity index (χ0) is 13.7. The van der Waals surface area contributed by atoms with Crippen LogP contribution in [0.4, 0.5) is 5.82 Å². The second-order valence-electron chi connectivity index (χ2n) is 5.06. The summed E-state index contributed by atoms with van der Waals surface area (Å²) >= 11 is 0. The molecular formula is C14H24N4O. The maximum absolute atomic E-state index is 5.87. The largest absolute Gasteiger partial charge is 0.476 e. The highest BCUT2D eigenvalue weighted by Crippen LogP contribution is 2.19. The van der Waals surface area contributed by atoms with E-state index >= 15 is 0 Å². The van der Waals surface area contributed by atoms with Crippen LogP contribution in [0.25, 0.3) is 0 Å². The lowest BCUT2D eigenvalue weighted by Crippen LogP contribution is -2.33. The number of piperidine rings is 1. The molecule has 19 heavy (non-hydrogen) atoms. The molecule has 0 saturated carbocycles. The van der Waals surface area contributed by atoms with E-state index in [9.17, 15) is 0 Å². The number of aryl methyl sites for hydroxylation is 1. The van der Waals surface area contributed by atoms with Crippen molar-refractivity contribution in [3.05, 3.63) is 11.4 Å². The Kier molecular flexibility index (Phi) is 4.96. The number of ether oxygens (including phenoxy) is 1. The molecule has 106 valence electrons. The molecule has 1 aromatic heterocycles. The standard InChI is InChI=1S/C14H24N4O/c1-3-12-16-13(15)11(2)14(17-12)19-10-9-18-7-5-4-6-8-18/h3-10H2,1-2H3,(H2,15,16,17). The van der Waals surface area contributed by atoms with Gasteiger partial charge in [0.05, 0.1) is 5.56 Å². The fourth-order valence-electron chi connectivity index (χ4n) is 2.31. The Labute approximate surface area is 115 Å². The van der Waals surface area contributed by atoms with Crippen LogP contribution in [0, 0.1) is 6.92 Å². The van der Waals surface area contributed by atoms with Gasteiger partial charge in [-0.05, 0) is 32.9 Å². The number of aromatic nitrogens is 2. The quantitative estimate of drug-likeness (QED) is 0.878. The number of likely N-dealkylation sites (tertiary alicyclic amines) is 1. The summed E-state index contributed by atoms with van der Waals surface area (Å²) in [4.78, 5) is 11.1. The third-order valence-electron chi connectivity index (χ3n) is 3.60. The molecule has 0 aliphatic carbocycles. The summed E-state index contributed by atoms with van der Waals surface area (Å²) in [6.45, 7) is 7.93. The van der Waals surface area contributed by atoms with E-state index in [0.717, 1.165) is 24.4 Å². The monoisotopic (exact) mass is 264 g/mol. The zero-order valence-electron chi connectivity index (χ0n) is 12.0. The lowest BCUT2D eigenvalue weighted by molar-refractivity contribution is 0.180. The maximum Gasteiger partial charge on any atom is 0.221 e. The van der Waals surface area contributed by atoms with Crippen molar-refractivity contribution in [2.24, 2.45) is 0 Å². The van der Waals surface area contributed by atoms with Crippen molar-refractivity contribution in [2.75, 3.05) is 32.0 Å². The fourth-order valence-corrected chi connectivity index (χ4v) is 2.31. The molecule has 0 unspecified atom stereocenters. The molecule has 5 heteroatoms. The van der Waals surface area contributed by atoms with Gasteiger partial charge in [-0.1, -0.05) is 13.3 Å². The van der Waals surface area contributed by atoms with Gasteiger partial charge in [0, 0.05) is 13.0 Å². The SMILES string of the molecule is CCc1nc(N)c(C)c(OCCN2CCCCC2)n1. The lowest BCUT2D eigenvalue weighted by atomic mass is 10.1. The molecule has 0 radical (unpaired) electrons. The second-order valence-corrected chi connectivity index (χ2v) is 5.06. The second kappa shape index (κ2) is 6.70. The minimum Gasteiger partial charge on any atom is -0.476 e. The number of nitrogens with two attached hydrogens (primary N) is 1. The Morgan fingerprint density at radius 2 is 1.95 bits per heavy atom. The van der Waals surface area contributed by atoms with Gasteiger partial charge in [0.25, 0.3) is 0 Å². The molecule has 1 saturated heterocycles. The smallest absolute Gasteiger partial charge is 0.221 e. The molecule has 1 aliphatic rings. The van der Waals surface area contributed by atoms with Crippen LogP contribution in [0.3, 0.4) is 0 Å². The van der Waals surface area contributed by atoms with E-state index in [4.69, 9.17) is 10.5 Å². The van der Waals surface area contributed by atoms with Gasteiger partial charge in [-0.2, -0.15) is 4.98 Å². The van der Waals surface area contributed by atoms with Crippen LogP contribution >= 0.6 is 0 Å². The van der Waals surface area contributed by atoms with E-state index < -0.39 is 0 Å². The van der Waals surface area contributed by atoms with Crippen LogP contribution in [-0.2, 0) is 6.42 Å². The minimum atomic E-state index is 0.528. The first-order valence-corrected chi connectivity index (χ1v) is 7.19. The molecule has 0 amide bonds. The highest BCUT2D eigenvalue weighted by molar-refractivity contribution is 5.44. The van der Waals surface area contributed by atoms with Crippen molar-refractivity contribution in [1.82, 2.24) is 14.9 Å². The Bertz CT molecular complexity index is 416. The number of anilines is 1. The number of nitrogen functional groups attached to an aromatic ring is 1. The molecule has 1 aromatic rings. The summed E-state index contributed by atoms with van der Waals surface area (Å²) in [5.74, 6) is 1.91. The normalized spacial score (nSPS) is 16.5. The summed E-state index contributed by atoms with van der Waals surface area (Å²) in [6.07, 6.45) is 4.74. The topological polar surface area (TPSA) is 64.3 Å². The van der Waals surface area contributed by atoms with E-state index in [1.165, 1.54) is 32.4 Å². The first-order chi connectivity index (χ1) is 9.20. The van der Waals surface area contributed by atoms with Crippen LogP contribution in [0.15, 0.2) is 0 Å². The minimum absolute atomic E-state index is 0.528. The van der Waals surface area contributed by atoms with Crippen LogP contribution in [-0.4, -0.2) is 41.1 Å². The molecule has 0 atom stereocenters. The molecule has 0 aromatic carbocycles. The van der Waals surface area contributed by atoms with Crippen LogP contribution in [0.5, 0.6) is 5.88 Å². The predicted octanol–water partition coefficient (Wildman–Crippen LogP) is 1.79. The number of hydrogen-bond donors (Lipinski definition) is 1. The number of hydrogen-bond acceptors (Lipinski definition) is 5. The predicted molar refractivity (Wildman–Crippen MR) is 76.3 cm³/mol. The van der Waals surface area contributed by atoms with Gasteiger partial charge in [-0.25, -0.2) is 4.98 Å². The summed E-state index contributed by atoms with van der Waals surface area (Å²) in [7, 11) is 0. The molecule has 1 aliphatic heterocycles. The Morgan fingerprint density at radius 3 is 2.63 bits per heavy atom. The third kappa shape index (κ3) is 3.80. The molecule has 2 N–H and O–H groups in total. The molecule has 2 rings (SSSR count). The first-order valence-electron chi connectivity index (χ1n) is 7.19. The Morgan fingerprint density at radius 1 is 1.21 bits per heavy atom. The van der Waals surface area contributed by atoms with Crippen LogP contribution in [0.1, 0.15) is 37.6 Å². The van der Waals surface area contributed by atoms with Crippen molar-refractivity contribution in [3.8, 4) is 5.88 Å². The zero-order valence-corrected chi connectivity index (χ0v) is 12.0. The van der Waals surface area contributed by atoms with Crippen LogP contribution in [0.2, 0.25) is 0 Å². The van der Waals surface area contributed by atoms with Crippen molar-refractivity contribution < 1.29 is 4.74 Å². The van der Waals surface area contributed by atoms with Crippen molar-refractivity contribution in [3.63, 3.8) is 0 Å². The molecule has 2 heterocycles. The van der Waals surface area contributed by atoms with Gasteiger partial charge in [-0.3, -0.25) is 4.90 Å². The summed E-state index contributed by atoms with van der Waals surface area (Å²) in [6, 6.07) is 0. The molecule has 0 bridgehead atoms. The van der Waals surface area contributed by atoms with Gasteiger partial charge in [0.1, 0.15) is 18.2 Å². The average Bonchev–Trinajstić information content (AvgIpc) is 2.44.